The van der Waals surface area contributed by atoms with E-state index in [2.05, 4.69) is 28.8 Å². The number of nitrogens with two attached hydrogens (primary N) is 1. The molecule has 0 spiro atoms. The molecule has 5 heteroatoms. The van der Waals surface area contributed by atoms with Crippen molar-refractivity contribution in [3.8, 4) is 0 Å². The van der Waals surface area contributed by atoms with Crippen LogP contribution in [0.4, 0.5) is 5.82 Å². The smallest absolute Gasteiger partial charge is 0.255 e. The Morgan fingerprint density at radius 1 is 1.11 bits per heavy atom. The van der Waals surface area contributed by atoms with Gasteiger partial charge in [-0.25, -0.2) is 4.98 Å². The number of likely N-dealkylation sites (N-methyl/N-ethyl adjacent to an activating group) is 1. The Kier molecular flexibility index (Phi) is 13.0. The van der Waals surface area contributed by atoms with Gasteiger partial charge in [0.15, 0.2) is 0 Å². The van der Waals surface area contributed by atoms with E-state index in [-0.39, 0.29) is 5.91 Å². The van der Waals surface area contributed by atoms with Crippen LogP contribution in [0.25, 0.3) is 0 Å². The highest BCUT2D eigenvalue weighted by Gasteiger charge is 2.08. The molecule has 5 nitrogen and oxygen atoms in total. The number of nitrogen functional groups attached to an aromatic ring is 1. The van der Waals surface area contributed by atoms with E-state index < -0.39 is 0 Å². The number of unbranched alkanes of at least 4 members (excludes halogenated alkanes) is 9. The van der Waals surface area contributed by atoms with E-state index >= 15 is 0 Å². The van der Waals surface area contributed by atoms with Crippen LogP contribution in [0.5, 0.6) is 0 Å². The molecule has 1 aromatic rings. The van der Waals surface area contributed by atoms with Gasteiger partial charge in [0.2, 0.25) is 0 Å². The number of aromatic nitrogens is 1. The first-order valence-corrected chi connectivity index (χ1v) is 10.4. The molecule has 0 radical (unpaired) electrons. The maximum atomic E-state index is 12.0. The van der Waals surface area contributed by atoms with Gasteiger partial charge in [-0.15, -0.1) is 6.58 Å². The molecule has 27 heavy (non-hydrogen) atoms. The molecular weight excluding hydrogens is 336 g/mol. The fourth-order valence-corrected chi connectivity index (χ4v) is 3.14. The first-order chi connectivity index (χ1) is 13.1. The van der Waals surface area contributed by atoms with Crippen LogP contribution in [0, 0.1) is 0 Å². The van der Waals surface area contributed by atoms with Crippen LogP contribution in [-0.2, 0) is 0 Å². The first-order valence-electron chi connectivity index (χ1n) is 10.4. The minimum absolute atomic E-state index is 0.128. The van der Waals surface area contributed by atoms with Gasteiger partial charge in [0.25, 0.3) is 5.91 Å². The lowest BCUT2D eigenvalue weighted by Gasteiger charge is -2.13. The summed E-state index contributed by atoms with van der Waals surface area (Å²) in [5.74, 6) is 0.162. The SMILES string of the molecule is C=CCN(C)CCCCCCCCCCCCNC(=O)c1cccnc1N. The van der Waals surface area contributed by atoms with E-state index in [4.69, 9.17) is 5.73 Å². The van der Waals surface area contributed by atoms with Crippen molar-refractivity contribution in [1.29, 1.82) is 0 Å². The van der Waals surface area contributed by atoms with E-state index in [9.17, 15) is 4.79 Å². The van der Waals surface area contributed by atoms with Crippen molar-refractivity contribution >= 4 is 11.7 Å². The number of hydrogen-bond acceptors (Lipinski definition) is 4. The Morgan fingerprint density at radius 3 is 2.30 bits per heavy atom. The number of pyridine rings is 1. The Bertz CT molecular complexity index is 533. The first kappa shape index (κ1) is 23.2. The number of anilines is 1. The van der Waals surface area contributed by atoms with Crippen molar-refractivity contribution in [2.75, 3.05) is 32.4 Å². The molecule has 0 saturated carbocycles. The molecule has 0 fully saturated rings. The third-order valence-electron chi connectivity index (χ3n) is 4.78. The van der Waals surface area contributed by atoms with Crippen molar-refractivity contribution in [2.24, 2.45) is 0 Å². The summed E-state index contributed by atoms with van der Waals surface area (Å²) >= 11 is 0. The largest absolute Gasteiger partial charge is 0.383 e. The van der Waals surface area contributed by atoms with E-state index in [1.165, 1.54) is 64.3 Å². The molecule has 0 aliphatic rings. The van der Waals surface area contributed by atoms with Crippen molar-refractivity contribution in [2.45, 2.75) is 64.2 Å². The molecule has 1 heterocycles. The lowest BCUT2D eigenvalue weighted by Crippen LogP contribution is -2.25. The van der Waals surface area contributed by atoms with Gasteiger partial charge in [-0.2, -0.15) is 0 Å². The molecule has 0 bridgehead atoms. The fraction of sp³-hybridized carbons (Fsp3) is 0.636. The van der Waals surface area contributed by atoms with Crippen LogP contribution in [0.15, 0.2) is 31.0 Å². The fourth-order valence-electron chi connectivity index (χ4n) is 3.14. The van der Waals surface area contributed by atoms with Crippen molar-refractivity contribution in [3.05, 3.63) is 36.5 Å². The Labute approximate surface area is 165 Å². The number of carbonyl (C=O) groups excluding carboxylic acids is 1. The lowest BCUT2D eigenvalue weighted by atomic mass is 10.1. The average molecular weight is 375 g/mol. The monoisotopic (exact) mass is 374 g/mol. The summed E-state index contributed by atoms with van der Waals surface area (Å²) in [4.78, 5) is 18.2. The highest BCUT2D eigenvalue weighted by atomic mass is 16.1. The predicted octanol–water partition coefficient (Wildman–Crippen LogP) is 4.41. The summed E-state index contributed by atoms with van der Waals surface area (Å²) in [6.45, 7) is 6.63. The second kappa shape index (κ2) is 15.2. The Balaban J connectivity index is 1.86. The number of rotatable bonds is 16. The molecule has 0 aromatic carbocycles. The maximum Gasteiger partial charge on any atom is 0.255 e. The van der Waals surface area contributed by atoms with Gasteiger partial charge in [-0.3, -0.25) is 4.79 Å². The number of nitrogens with one attached hydrogen (secondary N) is 1. The highest BCUT2D eigenvalue weighted by molar-refractivity contribution is 5.98. The average Bonchev–Trinajstić information content (AvgIpc) is 2.66. The molecule has 3 N–H and O–H groups in total. The summed E-state index contributed by atoms with van der Waals surface area (Å²) in [6.07, 6.45) is 16.3. The van der Waals surface area contributed by atoms with E-state index in [0.717, 1.165) is 13.0 Å². The van der Waals surface area contributed by atoms with Gasteiger partial charge in [0, 0.05) is 19.3 Å². The van der Waals surface area contributed by atoms with Crippen LogP contribution in [-0.4, -0.2) is 42.5 Å². The molecule has 1 amide bonds. The lowest BCUT2D eigenvalue weighted by molar-refractivity contribution is 0.0953. The van der Waals surface area contributed by atoms with Gasteiger partial charge >= 0.3 is 0 Å². The van der Waals surface area contributed by atoms with Crippen LogP contribution in [0.3, 0.4) is 0 Å². The number of hydrogen-bond donors (Lipinski definition) is 2. The maximum absolute atomic E-state index is 12.0. The van der Waals surface area contributed by atoms with Crippen LogP contribution in [0.1, 0.15) is 74.6 Å². The quantitative estimate of drug-likeness (QED) is 0.332. The highest BCUT2D eigenvalue weighted by Crippen LogP contribution is 2.11. The van der Waals surface area contributed by atoms with Crippen LogP contribution in [0.2, 0.25) is 0 Å². The number of amides is 1. The third kappa shape index (κ3) is 11.4. The number of nitrogens with zero attached hydrogens (tertiary/aromatic N) is 2. The molecule has 0 aliphatic heterocycles. The standard InChI is InChI=1S/C22H38N4O/c1-3-18-26(2)19-13-11-9-7-5-4-6-8-10-12-16-25-22(27)20-15-14-17-24-21(20)23/h3,14-15,17H,1,4-13,16,18-19H2,2H3,(H2,23,24)(H,25,27). The van der Waals surface area contributed by atoms with Gasteiger partial charge < -0.3 is 16.0 Å². The minimum Gasteiger partial charge on any atom is -0.383 e. The second-order valence-corrected chi connectivity index (χ2v) is 7.28. The zero-order chi connectivity index (χ0) is 19.7. The zero-order valence-corrected chi connectivity index (χ0v) is 17.1. The molecule has 1 aromatic heterocycles. The van der Waals surface area contributed by atoms with Crippen molar-refractivity contribution < 1.29 is 4.79 Å². The van der Waals surface area contributed by atoms with Gasteiger partial charge in [-0.05, 0) is 38.6 Å². The van der Waals surface area contributed by atoms with Gasteiger partial charge in [0.1, 0.15) is 5.82 Å². The van der Waals surface area contributed by atoms with Crippen LogP contribution < -0.4 is 11.1 Å². The molecule has 0 saturated heterocycles. The molecule has 0 unspecified atom stereocenters. The van der Waals surface area contributed by atoms with E-state index in [1.54, 1.807) is 18.3 Å². The van der Waals surface area contributed by atoms with Gasteiger partial charge in [0.05, 0.1) is 5.56 Å². The second-order valence-electron chi connectivity index (χ2n) is 7.28. The molecule has 152 valence electrons. The Hall–Kier alpha value is -1.88. The van der Waals surface area contributed by atoms with E-state index in [1.807, 2.05) is 6.08 Å². The molecular formula is C22H38N4O. The van der Waals surface area contributed by atoms with Gasteiger partial charge in [-0.1, -0.05) is 57.4 Å². The third-order valence-corrected chi connectivity index (χ3v) is 4.78. The van der Waals surface area contributed by atoms with Crippen molar-refractivity contribution in [1.82, 2.24) is 15.2 Å². The summed E-state index contributed by atoms with van der Waals surface area (Å²) in [6, 6.07) is 3.43. The molecule has 0 aliphatic carbocycles. The molecule has 1 rings (SSSR count). The summed E-state index contributed by atoms with van der Waals surface area (Å²) in [7, 11) is 2.15. The minimum atomic E-state index is -0.128. The zero-order valence-electron chi connectivity index (χ0n) is 17.1. The van der Waals surface area contributed by atoms with Crippen LogP contribution >= 0.6 is 0 Å². The predicted molar refractivity (Wildman–Crippen MR) is 115 cm³/mol. The summed E-state index contributed by atoms with van der Waals surface area (Å²) in [5, 5.41) is 2.92. The topological polar surface area (TPSA) is 71.2 Å². The molecule has 0 atom stereocenters. The Morgan fingerprint density at radius 2 is 1.70 bits per heavy atom. The van der Waals surface area contributed by atoms with Crippen molar-refractivity contribution in [3.63, 3.8) is 0 Å². The summed E-state index contributed by atoms with van der Waals surface area (Å²) < 4.78 is 0. The number of carbonyl (C=O) groups is 1. The normalized spacial score (nSPS) is 10.9. The summed E-state index contributed by atoms with van der Waals surface area (Å²) in [5.41, 5.74) is 6.17. The van der Waals surface area contributed by atoms with E-state index in [0.29, 0.717) is 17.9 Å².